The fourth-order valence-corrected chi connectivity index (χ4v) is 2.53. The summed E-state index contributed by atoms with van der Waals surface area (Å²) in [6, 6.07) is 6.35. The molecule has 1 heterocycles. The Kier molecular flexibility index (Phi) is 5.89. The highest BCUT2D eigenvalue weighted by atomic mass is 19.1. The van der Waals surface area contributed by atoms with Crippen molar-refractivity contribution in [3.05, 3.63) is 35.6 Å². The van der Waals surface area contributed by atoms with Crippen LogP contribution in [0.1, 0.15) is 12.5 Å². The van der Waals surface area contributed by atoms with Gasteiger partial charge in [0.2, 0.25) is 11.8 Å². The third-order valence-corrected chi connectivity index (χ3v) is 3.77. The minimum Gasteiger partial charge on any atom is -0.355 e. The van der Waals surface area contributed by atoms with Crippen molar-refractivity contribution < 1.29 is 14.0 Å². The second-order valence-electron chi connectivity index (χ2n) is 5.38. The molecular weight excluding hydrogens is 285 g/mol. The van der Waals surface area contributed by atoms with E-state index in [1.165, 1.54) is 6.07 Å². The lowest BCUT2D eigenvalue weighted by atomic mass is 10.1. The molecule has 2 amide bonds. The number of carbonyl (C=O) groups is 2. The van der Waals surface area contributed by atoms with Crippen molar-refractivity contribution in [2.45, 2.75) is 13.3 Å². The lowest BCUT2D eigenvalue weighted by Gasteiger charge is -2.34. The number of nitrogens with zero attached hydrogens (tertiary/aromatic N) is 2. The standard InChI is InChI=1S/C16H22FN3O2/c1-2-18-15(21)12-19-7-9-20(10-8-19)16(22)11-13-5-3-4-6-14(13)17/h3-6H,2,7-12H2,1H3,(H,18,21). The fraction of sp³-hybridized carbons (Fsp3) is 0.500. The number of halogens is 1. The monoisotopic (exact) mass is 307 g/mol. The number of piperazine rings is 1. The van der Waals surface area contributed by atoms with Crippen LogP contribution in [-0.2, 0) is 16.0 Å². The van der Waals surface area contributed by atoms with Gasteiger partial charge in [-0.1, -0.05) is 18.2 Å². The number of carbonyl (C=O) groups excluding carboxylic acids is 2. The molecular formula is C16H22FN3O2. The molecule has 22 heavy (non-hydrogen) atoms. The summed E-state index contributed by atoms with van der Waals surface area (Å²) in [7, 11) is 0. The summed E-state index contributed by atoms with van der Waals surface area (Å²) in [5.74, 6) is -0.401. The van der Waals surface area contributed by atoms with E-state index in [2.05, 4.69) is 5.32 Å². The molecule has 1 aliphatic heterocycles. The van der Waals surface area contributed by atoms with Crippen LogP contribution in [0.4, 0.5) is 4.39 Å². The highest BCUT2D eigenvalue weighted by Crippen LogP contribution is 2.10. The van der Waals surface area contributed by atoms with Gasteiger partial charge >= 0.3 is 0 Å². The number of hydrogen-bond donors (Lipinski definition) is 1. The molecule has 5 nitrogen and oxygen atoms in total. The average Bonchev–Trinajstić information content (AvgIpc) is 2.50. The molecule has 120 valence electrons. The molecule has 0 atom stereocenters. The first-order valence-corrected chi connectivity index (χ1v) is 7.60. The van der Waals surface area contributed by atoms with E-state index in [0.29, 0.717) is 44.8 Å². The van der Waals surface area contributed by atoms with Crippen LogP contribution in [0.15, 0.2) is 24.3 Å². The van der Waals surface area contributed by atoms with Crippen molar-refractivity contribution in [3.63, 3.8) is 0 Å². The lowest BCUT2D eigenvalue weighted by molar-refractivity contribution is -0.132. The Hall–Kier alpha value is -1.95. The number of amides is 2. The first-order chi connectivity index (χ1) is 10.6. The van der Waals surface area contributed by atoms with Gasteiger partial charge in [0.25, 0.3) is 0 Å². The first kappa shape index (κ1) is 16.4. The molecule has 0 saturated carbocycles. The second-order valence-corrected chi connectivity index (χ2v) is 5.38. The van der Waals surface area contributed by atoms with Crippen LogP contribution in [0.5, 0.6) is 0 Å². The largest absolute Gasteiger partial charge is 0.355 e. The van der Waals surface area contributed by atoms with Crippen LogP contribution >= 0.6 is 0 Å². The molecule has 0 spiro atoms. The van der Waals surface area contributed by atoms with Gasteiger partial charge in [-0.05, 0) is 18.6 Å². The zero-order valence-electron chi connectivity index (χ0n) is 12.8. The Morgan fingerprint density at radius 2 is 1.86 bits per heavy atom. The molecule has 1 aliphatic rings. The molecule has 0 aromatic heterocycles. The SMILES string of the molecule is CCNC(=O)CN1CCN(C(=O)Cc2ccccc2F)CC1. The average molecular weight is 307 g/mol. The molecule has 2 rings (SSSR count). The summed E-state index contributed by atoms with van der Waals surface area (Å²) in [6.45, 7) is 5.36. The molecule has 0 unspecified atom stereocenters. The molecule has 1 fully saturated rings. The smallest absolute Gasteiger partial charge is 0.234 e. The number of rotatable bonds is 5. The summed E-state index contributed by atoms with van der Waals surface area (Å²) < 4.78 is 13.6. The van der Waals surface area contributed by atoms with Crippen LogP contribution in [0.25, 0.3) is 0 Å². The Morgan fingerprint density at radius 1 is 1.18 bits per heavy atom. The number of nitrogens with one attached hydrogen (secondary N) is 1. The summed E-state index contributed by atoms with van der Waals surface area (Å²) >= 11 is 0. The van der Waals surface area contributed by atoms with E-state index in [0.717, 1.165) is 0 Å². The van der Waals surface area contributed by atoms with Gasteiger partial charge in [0, 0.05) is 32.7 Å². The normalized spacial score (nSPS) is 15.6. The van der Waals surface area contributed by atoms with Crippen molar-refractivity contribution in [1.29, 1.82) is 0 Å². The van der Waals surface area contributed by atoms with Crippen LogP contribution in [0.2, 0.25) is 0 Å². The summed E-state index contributed by atoms with van der Waals surface area (Å²) in [4.78, 5) is 27.5. The van der Waals surface area contributed by atoms with Gasteiger partial charge in [-0.2, -0.15) is 0 Å². The van der Waals surface area contributed by atoms with E-state index in [1.807, 2.05) is 11.8 Å². The van der Waals surface area contributed by atoms with E-state index in [1.54, 1.807) is 23.1 Å². The summed E-state index contributed by atoms with van der Waals surface area (Å²) in [5.41, 5.74) is 0.428. The van der Waals surface area contributed by atoms with Crippen LogP contribution in [-0.4, -0.2) is 60.9 Å². The third kappa shape index (κ3) is 4.53. The zero-order chi connectivity index (χ0) is 15.9. The van der Waals surface area contributed by atoms with E-state index < -0.39 is 0 Å². The van der Waals surface area contributed by atoms with E-state index in [4.69, 9.17) is 0 Å². The minimum atomic E-state index is -0.342. The van der Waals surface area contributed by atoms with Crippen LogP contribution in [0.3, 0.4) is 0 Å². The van der Waals surface area contributed by atoms with Crippen LogP contribution < -0.4 is 5.32 Å². The van der Waals surface area contributed by atoms with Crippen molar-refractivity contribution in [2.75, 3.05) is 39.3 Å². The van der Waals surface area contributed by atoms with E-state index in [-0.39, 0.29) is 24.1 Å². The van der Waals surface area contributed by atoms with Crippen molar-refractivity contribution >= 4 is 11.8 Å². The number of hydrogen-bond acceptors (Lipinski definition) is 3. The Morgan fingerprint density at radius 3 is 2.50 bits per heavy atom. The van der Waals surface area contributed by atoms with Crippen molar-refractivity contribution in [2.24, 2.45) is 0 Å². The molecule has 0 aliphatic carbocycles. The van der Waals surface area contributed by atoms with E-state index >= 15 is 0 Å². The Bertz CT molecular complexity index is 528. The lowest BCUT2D eigenvalue weighted by Crippen LogP contribution is -2.51. The van der Waals surface area contributed by atoms with Gasteiger partial charge in [-0.3, -0.25) is 14.5 Å². The second kappa shape index (κ2) is 7.89. The topological polar surface area (TPSA) is 52.7 Å². The summed E-state index contributed by atoms with van der Waals surface area (Å²) in [6.07, 6.45) is 0.0863. The molecule has 1 saturated heterocycles. The molecule has 0 radical (unpaired) electrons. The fourth-order valence-electron chi connectivity index (χ4n) is 2.53. The van der Waals surface area contributed by atoms with Gasteiger partial charge in [-0.25, -0.2) is 4.39 Å². The number of benzene rings is 1. The van der Waals surface area contributed by atoms with Gasteiger partial charge in [0.05, 0.1) is 13.0 Å². The minimum absolute atomic E-state index is 0.00799. The van der Waals surface area contributed by atoms with E-state index in [9.17, 15) is 14.0 Å². The van der Waals surface area contributed by atoms with Gasteiger partial charge in [0.15, 0.2) is 0 Å². The Balaban J connectivity index is 1.80. The first-order valence-electron chi connectivity index (χ1n) is 7.60. The van der Waals surface area contributed by atoms with Crippen molar-refractivity contribution in [1.82, 2.24) is 15.1 Å². The maximum atomic E-state index is 13.6. The zero-order valence-corrected chi connectivity index (χ0v) is 12.8. The number of likely N-dealkylation sites (N-methyl/N-ethyl adjacent to an activating group) is 1. The molecule has 1 N–H and O–H groups in total. The highest BCUT2D eigenvalue weighted by Gasteiger charge is 2.22. The van der Waals surface area contributed by atoms with Gasteiger partial charge in [0.1, 0.15) is 5.82 Å². The van der Waals surface area contributed by atoms with Gasteiger partial charge in [-0.15, -0.1) is 0 Å². The molecule has 0 bridgehead atoms. The maximum absolute atomic E-state index is 13.6. The quantitative estimate of drug-likeness (QED) is 0.869. The predicted molar refractivity (Wildman–Crippen MR) is 81.8 cm³/mol. The highest BCUT2D eigenvalue weighted by molar-refractivity contribution is 5.79. The molecule has 1 aromatic carbocycles. The Labute approximate surface area is 130 Å². The molecule has 1 aromatic rings. The van der Waals surface area contributed by atoms with Crippen LogP contribution in [0, 0.1) is 5.82 Å². The predicted octanol–water partition coefficient (Wildman–Crippen LogP) is 0.649. The third-order valence-electron chi connectivity index (χ3n) is 3.77. The van der Waals surface area contributed by atoms with Gasteiger partial charge < -0.3 is 10.2 Å². The maximum Gasteiger partial charge on any atom is 0.234 e. The van der Waals surface area contributed by atoms with Crippen molar-refractivity contribution in [3.8, 4) is 0 Å². The summed E-state index contributed by atoms with van der Waals surface area (Å²) in [5, 5.41) is 2.76. The molecule has 6 heteroatoms.